The van der Waals surface area contributed by atoms with Crippen molar-refractivity contribution in [2.45, 2.75) is 25.6 Å². The molecule has 0 spiro atoms. The van der Waals surface area contributed by atoms with Crippen molar-refractivity contribution < 1.29 is 23.7 Å². The van der Waals surface area contributed by atoms with Crippen molar-refractivity contribution in [1.82, 2.24) is 0 Å². The lowest BCUT2D eigenvalue weighted by atomic mass is 10.2. The number of esters is 1. The second-order valence-electron chi connectivity index (χ2n) is 4.50. The summed E-state index contributed by atoms with van der Waals surface area (Å²) in [5.41, 5.74) is 0.420. The molecular formula is C15H20O5. The lowest BCUT2D eigenvalue weighted by Crippen LogP contribution is -2.24. The van der Waals surface area contributed by atoms with E-state index in [2.05, 4.69) is 0 Å². The summed E-state index contributed by atoms with van der Waals surface area (Å²) >= 11 is 0. The predicted octanol–water partition coefficient (Wildman–Crippen LogP) is 2.40. The van der Waals surface area contributed by atoms with Crippen molar-refractivity contribution in [3.8, 4) is 5.75 Å². The zero-order valence-electron chi connectivity index (χ0n) is 11.7. The van der Waals surface area contributed by atoms with Crippen LogP contribution in [0.5, 0.6) is 5.75 Å². The highest BCUT2D eigenvalue weighted by Crippen LogP contribution is 2.19. The first-order chi connectivity index (χ1) is 9.81. The van der Waals surface area contributed by atoms with Crippen LogP contribution in [0.4, 0.5) is 0 Å². The minimum Gasteiger partial charge on any atom is -0.490 e. The SMILES string of the molecule is COC(=O)c1ccccc1OCCOC1CCCCO1. The molecule has 1 unspecified atom stereocenters. The normalized spacial score (nSPS) is 18.6. The van der Waals surface area contributed by atoms with E-state index in [4.69, 9.17) is 18.9 Å². The van der Waals surface area contributed by atoms with E-state index in [1.807, 2.05) is 6.07 Å². The van der Waals surface area contributed by atoms with Crippen LogP contribution in [0, 0.1) is 0 Å². The van der Waals surface area contributed by atoms with E-state index >= 15 is 0 Å². The van der Waals surface area contributed by atoms with Gasteiger partial charge in [0.1, 0.15) is 17.9 Å². The molecule has 0 radical (unpaired) electrons. The number of ether oxygens (including phenoxy) is 4. The molecule has 1 atom stereocenters. The van der Waals surface area contributed by atoms with Crippen LogP contribution < -0.4 is 4.74 Å². The summed E-state index contributed by atoms with van der Waals surface area (Å²) in [6, 6.07) is 6.99. The fraction of sp³-hybridized carbons (Fsp3) is 0.533. The Balaban J connectivity index is 1.77. The van der Waals surface area contributed by atoms with E-state index in [-0.39, 0.29) is 6.29 Å². The lowest BCUT2D eigenvalue weighted by Gasteiger charge is -2.22. The number of rotatable bonds is 6. The second-order valence-corrected chi connectivity index (χ2v) is 4.50. The van der Waals surface area contributed by atoms with Gasteiger partial charge in [-0.2, -0.15) is 0 Å². The van der Waals surface area contributed by atoms with Crippen molar-refractivity contribution >= 4 is 5.97 Å². The van der Waals surface area contributed by atoms with Crippen molar-refractivity contribution in [3.05, 3.63) is 29.8 Å². The third-order valence-electron chi connectivity index (χ3n) is 3.07. The zero-order chi connectivity index (χ0) is 14.2. The third kappa shape index (κ3) is 4.21. The molecule has 0 saturated carbocycles. The molecule has 0 bridgehead atoms. The molecule has 0 N–H and O–H groups in total. The summed E-state index contributed by atoms with van der Waals surface area (Å²) < 4.78 is 21.3. The van der Waals surface area contributed by atoms with Crippen molar-refractivity contribution in [2.24, 2.45) is 0 Å². The lowest BCUT2D eigenvalue weighted by molar-refractivity contribution is -0.165. The Morgan fingerprint density at radius 3 is 2.90 bits per heavy atom. The van der Waals surface area contributed by atoms with Crippen molar-refractivity contribution in [2.75, 3.05) is 26.9 Å². The number of para-hydroxylation sites is 1. The Morgan fingerprint density at radius 2 is 2.15 bits per heavy atom. The molecule has 110 valence electrons. The van der Waals surface area contributed by atoms with Gasteiger partial charge in [-0.15, -0.1) is 0 Å². The zero-order valence-corrected chi connectivity index (χ0v) is 11.7. The number of carbonyl (C=O) groups excluding carboxylic acids is 1. The maximum atomic E-state index is 11.6. The molecular weight excluding hydrogens is 260 g/mol. The molecule has 1 aliphatic heterocycles. The molecule has 5 heteroatoms. The first-order valence-corrected chi connectivity index (χ1v) is 6.84. The summed E-state index contributed by atoms with van der Waals surface area (Å²) in [5.74, 6) is 0.102. The predicted molar refractivity (Wildman–Crippen MR) is 72.8 cm³/mol. The number of methoxy groups -OCH3 is 1. The molecule has 1 aromatic rings. The monoisotopic (exact) mass is 280 g/mol. The molecule has 20 heavy (non-hydrogen) atoms. The first-order valence-electron chi connectivity index (χ1n) is 6.84. The van der Waals surface area contributed by atoms with E-state index in [9.17, 15) is 4.79 Å². The van der Waals surface area contributed by atoms with Gasteiger partial charge in [0.05, 0.1) is 13.7 Å². The molecule has 5 nitrogen and oxygen atoms in total. The maximum absolute atomic E-state index is 11.6. The number of carbonyl (C=O) groups is 1. The highest BCUT2D eigenvalue weighted by atomic mass is 16.7. The summed E-state index contributed by atoms with van der Waals surface area (Å²) in [5, 5.41) is 0. The van der Waals surface area contributed by atoms with Gasteiger partial charge in [0.25, 0.3) is 0 Å². The van der Waals surface area contributed by atoms with Gasteiger partial charge in [0, 0.05) is 6.61 Å². The molecule has 0 amide bonds. The Hall–Kier alpha value is -1.59. The minimum absolute atomic E-state index is 0.122. The van der Waals surface area contributed by atoms with E-state index in [1.165, 1.54) is 7.11 Å². The fourth-order valence-corrected chi connectivity index (χ4v) is 2.04. The molecule has 1 fully saturated rings. The van der Waals surface area contributed by atoms with Crippen LogP contribution in [0.2, 0.25) is 0 Å². The molecule has 0 aliphatic carbocycles. The molecule has 1 heterocycles. The van der Waals surface area contributed by atoms with Crippen LogP contribution in [0.25, 0.3) is 0 Å². The Bertz CT molecular complexity index is 426. The van der Waals surface area contributed by atoms with Gasteiger partial charge in [-0.1, -0.05) is 12.1 Å². The van der Waals surface area contributed by atoms with Gasteiger partial charge in [-0.05, 0) is 31.4 Å². The van der Waals surface area contributed by atoms with Gasteiger partial charge >= 0.3 is 5.97 Å². The Labute approximate surface area is 118 Å². The van der Waals surface area contributed by atoms with Crippen LogP contribution >= 0.6 is 0 Å². The number of hydrogen-bond acceptors (Lipinski definition) is 5. The van der Waals surface area contributed by atoms with Crippen LogP contribution in [-0.2, 0) is 14.2 Å². The first kappa shape index (κ1) is 14.8. The highest BCUT2D eigenvalue weighted by molar-refractivity contribution is 5.92. The summed E-state index contributed by atoms with van der Waals surface area (Å²) in [4.78, 5) is 11.6. The largest absolute Gasteiger partial charge is 0.490 e. The van der Waals surface area contributed by atoms with Crippen molar-refractivity contribution in [1.29, 1.82) is 0 Å². The van der Waals surface area contributed by atoms with E-state index in [1.54, 1.807) is 18.2 Å². The minimum atomic E-state index is -0.405. The highest BCUT2D eigenvalue weighted by Gasteiger charge is 2.15. The average molecular weight is 280 g/mol. The number of hydrogen-bond donors (Lipinski definition) is 0. The average Bonchev–Trinajstić information content (AvgIpc) is 2.52. The second kappa shape index (κ2) is 7.87. The van der Waals surface area contributed by atoms with E-state index < -0.39 is 5.97 Å². The molecule has 1 saturated heterocycles. The molecule has 1 aliphatic rings. The molecule has 2 rings (SSSR count). The Morgan fingerprint density at radius 1 is 1.30 bits per heavy atom. The quantitative estimate of drug-likeness (QED) is 0.591. The smallest absolute Gasteiger partial charge is 0.341 e. The van der Waals surface area contributed by atoms with Crippen LogP contribution in [0.1, 0.15) is 29.6 Å². The molecule has 0 aromatic heterocycles. The summed E-state index contributed by atoms with van der Waals surface area (Å²) in [6.45, 7) is 1.56. The fourth-order valence-electron chi connectivity index (χ4n) is 2.04. The van der Waals surface area contributed by atoms with Gasteiger partial charge in [0.2, 0.25) is 0 Å². The van der Waals surface area contributed by atoms with Gasteiger partial charge in [-0.25, -0.2) is 4.79 Å². The van der Waals surface area contributed by atoms with Gasteiger partial charge in [0.15, 0.2) is 6.29 Å². The topological polar surface area (TPSA) is 54.0 Å². The summed E-state index contributed by atoms with van der Waals surface area (Å²) in [7, 11) is 1.35. The maximum Gasteiger partial charge on any atom is 0.341 e. The summed E-state index contributed by atoms with van der Waals surface area (Å²) in [6.07, 6.45) is 3.04. The molecule has 1 aromatic carbocycles. The van der Waals surface area contributed by atoms with Crippen LogP contribution in [-0.4, -0.2) is 39.2 Å². The van der Waals surface area contributed by atoms with E-state index in [0.717, 1.165) is 25.9 Å². The Kier molecular flexibility index (Phi) is 5.83. The van der Waals surface area contributed by atoms with Gasteiger partial charge < -0.3 is 18.9 Å². The standard InChI is InChI=1S/C15H20O5/c1-17-15(16)12-6-2-3-7-13(12)18-10-11-20-14-8-4-5-9-19-14/h2-3,6-7,14H,4-5,8-11H2,1H3. The van der Waals surface area contributed by atoms with Crippen LogP contribution in [0.3, 0.4) is 0 Å². The van der Waals surface area contributed by atoms with Crippen molar-refractivity contribution in [3.63, 3.8) is 0 Å². The number of benzene rings is 1. The van der Waals surface area contributed by atoms with Gasteiger partial charge in [-0.3, -0.25) is 0 Å². The third-order valence-corrected chi connectivity index (χ3v) is 3.07. The van der Waals surface area contributed by atoms with Crippen LogP contribution in [0.15, 0.2) is 24.3 Å². The van der Waals surface area contributed by atoms with E-state index in [0.29, 0.717) is 24.5 Å².